The van der Waals surface area contributed by atoms with Crippen LogP contribution in [0.3, 0.4) is 0 Å². The summed E-state index contributed by atoms with van der Waals surface area (Å²) >= 11 is 0. The Balaban J connectivity index is 2.48. The molecule has 1 fully saturated rings. The van der Waals surface area contributed by atoms with Gasteiger partial charge in [-0.15, -0.1) is 0 Å². The lowest BCUT2D eigenvalue weighted by molar-refractivity contribution is -0.131. The van der Waals surface area contributed by atoms with Crippen LogP contribution < -0.4 is 5.32 Å². The van der Waals surface area contributed by atoms with Crippen LogP contribution in [0.15, 0.2) is 0 Å². The minimum Gasteiger partial charge on any atom is -0.326 e. The number of unbranched alkanes of at least 4 members (excludes halogenated alkanes) is 1. The van der Waals surface area contributed by atoms with Crippen LogP contribution in [0.2, 0.25) is 0 Å². The van der Waals surface area contributed by atoms with Gasteiger partial charge >= 0.3 is 0 Å². The number of hydrogen-bond donors (Lipinski definition) is 1. The van der Waals surface area contributed by atoms with Crippen LogP contribution in [-0.2, 0) is 4.79 Å². The van der Waals surface area contributed by atoms with E-state index in [2.05, 4.69) is 50.0 Å². The molecule has 3 unspecified atom stereocenters. The Kier molecular flexibility index (Phi) is 6.80. The topological polar surface area (TPSA) is 35.6 Å². The first kappa shape index (κ1) is 16.4. The number of carbonyl (C=O) groups excluding carboxylic acids is 1. The van der Waals surface area contributed by atoms with Crippen molar-refractivity contribution in [3.8, 4) is 0 Å². The first-order chi connectivity index (χ1) is 9.01. The Morgan fingerprint density at radius 3 is 2.53 bits per heavy atom. The standard InChI is InChI=1S/C15H31N3O/c1-6-12(3)14-15(19)18(13(7-2)16-14)11-9-8-10-17(4)5/h12-14,16H,6-11H2,1-5H3. The van der Waals surface area contributed by atoms with Gasteiger partial charge in [-0.05, 0) is 45.8 Å². The van der Waals surface area contributed by atoms with Gasteiger partial charge in [-0.3, -0.25) is 10.1 Å². The molecule has 0 spiro atoms. The molecule has 3 atom stereocenters. The van der Waals surface area contributed by atoms with Crippen LogP contribution >= 0.6 is 0 Å². The van der Waals surface area contributed by atoms with Gasteiger partial charge in [0.2, 0.25) is 5.91 Å². The number of nitrogens with zero attached hydrogens (tertiary/aromatic N) is 2. The third kappa shape index (κ3) is 4.46. The smallest absolute Gasteiger partial charge is 0.241 e. The van der Waals surface area contributed by atoms with Gasteiger partial charge in [0.05, 0.1) is 12.2 Å². The van der Waals surface area contributed by atoms with E-state index < -0.39 is 0 Å². The van der Waals surface area contributed by atoms with Gasteiger partial charge < -0.3 is 9.80 Å². The molecule has 0 aromatic heterocycles. The minimum absolute atomic E-state index is 0.0313. The zero-order chi connectivity index (χ0) is 14.4. The molecule has 1 aliphatic rings. The summed E-state index contributed by atoms with van der Waals surface area (Å²) in [5.41, 5.74) is 0. The van der Waals surface area contributed by atoms with Crippen molar-refractivity contribution in [3.63, 3.8) is 0 Å². The van der Waals surface area contributed by atoms with Gasteiger partial charge in [-0.25, -0.2) is 0 Å². The van der Waals surface area contributed by atoms with E-state index in [-0.39, 0.29) is 12.2 Å². The highest BCUT2D eigenvalue weighted by Gasteiger charge is 2.39. The normalized spacial score (nSPS) is 25.4. The fourth-order valence-corrected chi connectivity index (χ4v) is 2.66. The molecule has 0 aromatic rings. The Labute approximate surface area is 118 Å². The van der Waals surface area contributed by atoms with Crippen LogP contribution in [-0.4, -0.2) is 55.1 Å². The minimum atomic E-state index is 0.0313. The first-order valence-electron chi connectivity index (χ1n) is 7.72. The van der Waals surface area contributed by atoms with Crippen molar-refractivity contribution in [1.29, 1.82) is 0 Å². The molecule has 4 nitrogen and oxygen atoms in total. The molecule has 0 aromatic carbocycles. The molecule has 1 saturated heterocycles. The molecule has 19 heavy (non-hydrogen) atoms. The second-order valence-electron chi connectivity index (χ2n) is 6.00. The molecule has 1 amide bonds. The number of nitrogens with one attached hydrogen (secondary N) is 1. The number of hydrogen-bond acceptors (Lipinski definition) is 3. The predicted octanol–water partition coefficient (Wildman–Crippen LogP) is 1.91. The quantitative estimate of drug-likeness (QED) is 0.684. The van der Waals surface area contributed by atoms with E-state index in [0.717, 1.165) is 38.8 Å². The second-order valence-corrected chi connectivity index (χ2v) is 6.00. The van der Waals surface area contributed by atoms with Crippen molar-refractivity contribution in [1.82, 2.24) is 15.1 Å². The third-order valence-corrected chi connectivity index (χ3v) is 4.15. The summed E-state index contributed by atoms with van der Waals surface area (Å²) < 4.78 is 0. The summed E-state index contributed by atoms with van der Waals surface area (Å²) in [6, 6.07) is 0.0313. The van der Waals surface area contributed by atoms with Gasteiger partial charge in [-0.1, -0.05) is 27.2 Å². The molecule has 0 radical (unpaired) electrons. The summed E-state index contributed by atoms with van der Waals surface area (Å²) in [6.45, 7) is 8.46. The average molecular weight is 269 g/mol. The summed E-state index contributed by atoms with van der Waals surface area (Å²) in [6.07, 6.45) is 4.53. The predicted molar refractivity (Wildman–Crippen MR) is 80.0 cm³/mol. The van der Waals surface area contributed by atoms with Crippen molar-refractivity contribution in [2.45, 2.75) is 58.7 Å². The first-order valence-corrected chi connectivity index (χ1v) is 7.72. The molecule has 1 aliphatic heterocycles. The van der Waals surface area contributed by atoms with Gasteiger partial charge in [0.15, 0.2) is 0 Å². The molecule has 0 bridgehead atoms. The molecule has 0 saturated carbocycles. The van der Waals surface area contributed by atoms with Gasteiger partial charge in [0, 0.05) is 6.54 Å². The van der Waals surface area contributed by atoms with Crippen LogP contribution in [0.5, 0.6) is 0 Å². The fraction of sp³-hybridized carbons (Fsp3) is 0.933. The van der Waals surface area contributed by atoms with E-state index in [4.69, 9.17) is 0 Å². The van der Waals surface area contributed by atoms with Crippen molar-refractivity contribution in [2.75, 3.05) is 27.2 Å². The van der Waals surface area contributed by atoms with E-state index in [9.17, 15) is 4.79 Å². The summed E-state index contributed by atoms with van der Waals surface area (Å²) in [4.78, 5) is 16.7. The van der Waals surface area contributed by atoms with Crippen molar-refractivity contribution in [2.24, 2.45) is 5.92 Å². The summed E-state index contributed by atoms with van der Waals surface area (Å²) in [5, 5.41) is 3.51. The molecule has 112 valence electrons. The third-order valence-electron chi connectivity index (χ3n) is 4.15. The molecule has 1 heterocycles. The lowest BCUT2D eigenvalue weighted by Crippen LogP contribution is -2.37. The maximum Gasteiger partial charge on any atom is 0.241 e. The summed E-state index contributed by atoms with van der Waals surface area (Å²) in [7, 11) is 4.19. The maximum atomic E-state index is 12.5. The maximum absolute atomic E-state index is 12.5. The number of carbonyl (C=O) groups is 1. The van der Waals surface area contributed by atoms with Crippen molar-refractivity contribution in [3.05, 3.63) is 0 Å². The van der Waals surface area contributed by atoms with Crippen LogP contribution in [0.4, 0.5) is 0 Å². The molecule has 1 rings (SSSR count). The summed E-state index contributed by atoms with van der Waals surface area (Å²) in [5.74, 6) is 0.736. The highest BCUT2D eigenvalue weighted by molar-refractivity contribution is 5.84. The molecular formula is C15H31N3O. The molecule has 0 aliphatic carbocycles. The van der Waals surface area contributed by atoms with Crippen LogP contribution in [0.1, 0.15) is 46.5 Å². The number of amides is 1. The lowest BCUT2D eigenvalue weighted by atomic mass is 9.99. The van der Waals surface area contributed by atoms with E-state index in [1.54, 1.807) is 0 Å². The zero-order valence-corrected chi connectivity index (χ0v) is 13.3. The largest absolute Gasteiger partial charge is 0.326 e. The van der Waals surface area contributed by atoms with Crippen molar-refractivity contribution < 1.29 is 4.79 Å². The van der Waals surface area contributed by atoms with Crippen LogP contribution in [0.25, 0.3) is 0 Å². The Hall–Kier alpha value is -0.610. The average Bonchev–Trinajstić information content (AvgIpc) is 2.70. The highest BCUT2D eigenvalue weighted by Crippen LogP contribution is 2.21. The Bertz CT molecular complexity index is 281. The van der Waals surface area contributed by atoms with E-state index in [0.29, 0.717) is 11.8 Å². The zero-order valence-electron chi connectivity index (χ0n) is 13.3. The van der Waals surface area contributed by atoms with Gasteiger partial charge in [0.1, 0.15) is 0 Å². The Morgan fingerprint density at radius 1 is 1.32 bits per heavy atom. The Morgan fingerprint density at radius 2 is 2.00 bits per heavy atom. The van der Waals surface area contributed by atoms with E-state index >= 15 is 0 Å². The van der Waals surface area contributed by atoms with E-state index in [1.807, 2.05) is 0 Å². The number of rotatable bonds is 8. The van der Waals surface area contributed by atoms with Crippen LogP contribution in [0, 0.1) is 5.92 Å². The van der Waals surface area contributed by atoms with Crippen molar-refractivity contribution >= 4 is 5.91 Å². The highest BCUT2D eigenvalue weighted by atomic mass is 16.2. The lowest BCUT2D eigenvalue weighted by Gasteiger charge is -2.23. The fourth-order valence-electron chi connectivity index (χ4n) is 2.66. The van der Waals surface area contributed by atoms with Gasteiger partial charge in [-0.2, -0.15) is 0 Å². The second kappa shape index (κ2) is 7.85. The molecule has 1 N–H and O–H groups in total. The van der Waals surface area contributed by atoms with Gasteiger partial charge in [0.25, 0.3) is 0 Å². The monoisotopic (exact) mass is 269 g/mol. The molecule has 4 heteroatoms. The SMILES string of the molecule is CCC(C)C1NC(CC)N(CCCCN(C)C)C1=O. The molecular weight excluding hydrogens is 238 g/mol. The van der Waals surface area contributed by atoms with E-state index in [1.165, 1.54) is 0 Å².